The average Bonchev–Trinajstić information content (AvgIpc) is 2.75. The lowest BCUT2D eigenvalue weighted by atomic mass is 9.84. The molecule has 0 bridgehead atoms. The average molecular weight is 360 g/mol. The quantitative estimate of drug-likeness (QED) is 0.709. The Balaban J connectivity index is 2.26. The summed E-state index contributed by atoms with van der Waals surface area (Å²) in [5, 5.41) is 4.90. The molecule has 0 saturated heterocycles. The third-order valence-corrected chi connectivity index (χ3v) is 5.61. The third-order valence-electron chi connectivity index (χ3n) is 4.36. The van der Waals surface area contributed by atoms with Crippen LogP contribution < -0.4 is 0 Å². The summed E-state index contributed by atoms with van der Waals surface area (Å²) in [6, 6.07) is 0.660. The van der Waals surface area contributed by atoms with Crippen LogP contribution in [0.3, 0.4) is 0 Å². The van der Waals surface area contributed by atoms with Crippen LogP contribution in [0.4, 0.5) is 0 Å². The van der Waals surface area contributed by atoms with E-state index in [1.54, 1.807) is 0 Å². The highest BCUT2D eigenvalue weighted by atomic mass is 127. The Morgan fingerprint density at radius 2 is 2.00 bits per heavy atom. The van der Waals surface area contributed by atoms with E-state index in [4.69, 9.17) is 5.10 Å². The highest BCUT2D eigenvalue weighted by molar-refractivity contribution is 14.1. The molecule has 0 N–H and O–H groups in total. The standard InChI is InChI=1S/C15H25IN2/c1-4-11-8-7-9-12(10-11)18-14(6-3)15(16)13(5-2)17-18/h11-12H,4-10H2,1-3H3. The van der Waals surface area contributed by atoms with Gasteiger partial charge in [0.15, 0.2) is 0 Å². The predicted molar refractivity (Wildman–Crippen MR) is 85.0 cm³/mol. The molecule has 0 amide bonds. The first-order chi connectivity index (χ1) is 8.71. The summed E-state index contributed by atoms with van der Waals surface area (Å²) < 4.78 is 3.79. The predicted octanol–water partition coefficient (Wildman–Crippen LogP) is 4.75. The second-order valence-electron chi connectivity index (χ2n) is 5.45. The van der Waals surface area contributed by atoms with Gasteiger partial charge in [0.05, 0.1) is 21.0 Å². The largest absolute Gasteiger partial charge is 0.265 e. The molecule has 18 heavy (non-hydrogen) atoms. The first-order valence-corrected chi connectivity index (χ1v) is 8.54. The minimum atomic E-state index is 0.660. The number of hydrogen-bond donors (Lipinski definition) is 0. The molecule has 0 radical (unpaired) electrons. The van der Waals surface area contributed by atoms with Gasteiger partial charge in [-0.15, -0.1) is 0 Å². The van der Waals surface area contributed by atoms with Crippen LogP contribution >= 0.6 is 22.6 Å². The minimum absolute atomic E-state index is 0.660. The molecular formula is C15H25IN2. The van der Waals surface area contributed by atoms with E-state index in [2.05, 4.69) is 48.0 Å². The Kier molecular flexibility index (Phi) is 5.10. The summed E-state index contributed by atoms with van der Waals surface area (Å²) >= 11 is 2.49. The van der Waals surface area contributed by atoms with Gasteiger partial charge in [-0.3, -0.25) is 4.68 Å². The highest BCUT2D eigenvalue weighted by Gasteiger charge is 2.25. The van der Waals surface area contributed by atoms with Gasteiger partial charge >= 0.3 is 0 Å². The first kappa shape index (κ1) is 14.4. The summed E-state index contributed by atoms with van der Waals surface area (Å²) in [4.78, 5) is 0. The van der Waals surface area contributed by atoms with Crippen molar-refractivity contribution in [3.63, 3.8) is 0 Å². The van der Waals surface area contributed by atoms with Crippen LogP contribution in [0.1, 0.15) is 70.3 Å². The number of aryl methyl sites for hydroxylation is 1. The summed E-state index contributed by atoms with van der Waals surface area (Å²) in [7, 11) is 0. The van der Waals surface area contributed by atoms with Gasteiger partial charge in [0.1, 0.15) is 0 Å². The molecule has 1 aromatic heterocycles. The minimum Gasteiger partial charge on any atom is -0.265 e. The summed E-state index contributed by atoms with van der Waals surface area (Å²) in [6.07, 6.45) is 8.96. The third kappa shape index (κ3) is 2.75. The van der Waals surface area contributed by atoms with E-state index in [0.29, 0.717) is 6.04 Å². The van der Waals surface area contributed by atoms with Gasteiger partial charge in [0, 0.05) is 0 Å². The topological polar surface area (TPSA) is 17.8 Å². The molecule has 2 nitrogen and oxygen atoms in total. The maximum atomic E-state index is 4.90. The van der Waals surface area contributed by atoms with Crippen LogP contribution in [0.15, 0.2) is 0 Å². The van der Waals surface area contributed by atoms with E-state index in [9.17, 15) is 0 Å². The van der Waals surface area contributed by atoms with E-state index in [-0.39, 0.29) is 0 Å². The van der Waals surface area contributed by atoms with Crippen LogP contribution in [-0.2, 0) is 12.8 Å². The molecule has 102 valence electrons. The van der Waals surface area contributed by atoms with E-state index < -0.39 is 0 Å². The normalized spacial score (nSPS) is 24.4. The fourth-order valence-electron chi connectivity index (χ4n) is 3.20. The SMILES string of the molecule is CCc1nn(C2CCCC(CC)C2)c(CC)c1I. The number of aromatic nitrogens is 2. The van der Waals surface area contributed by atoms with Gasteiger partial charge in [-0.25, -0.2) is 0 Å². The Labute approximate surface area is 125 Å². The molecular weight excluding hydrogens is 335 g/mol. The lowest BCUT2D eigenvalue weighted by Crippen LogP contribution is -2.21. The number of halogens is 1. The molecule has 2 atom stereocenters. The lowest BCUT2D eigenvalue weighted by molar-refractivity contribution is 0.243. The molecule has 0 spiro atoms. The maximum absolute atomic E-state index is 4.90. The van der Waals surface area contributed by atoms with Crippen LogP contribution in [0.2, 0.25) is 0 Å². The van der Waals surface area contributed by atoms with Crippen molar-refractivity contribution < 1.29 is 0 Å². The monoisotopic (exact) mass is 360 g/mol. The van der Waals surface area contributed by atoms with Crippen molar-refractivity contribution in [2.75, 3.05) is 0 Å². The van der Waals surface area contributed by atoms with Crippen LogP contribution in [0.5, 0.6) is 0 Å². The van der Waals surface area contributed by atoms with Crippen LogP contribution in [0, 0.1) is 9.49 Å². The molecule has 1 saturated carbocycles. The van der Waals surface area contributed by atoms with Gasteiger partial charge in [0.2, 0.25) is 0 Å². The van der Waals surface area contributed by atoms with Crippen molar-refractivity contribution in [1.29, 1.82) is 0 Å². The van der Waals surface area contributed by atoms with Gasteiger partial charge in [-0.1, -0.05) is 40.0 Å². The van der Waals surface area contributed by atoms with Crippen LogP contribution in [0.25, 0.3) is 0 Å². The van der Waals surface area contributed by atoms with Crippen molar-refractivity contribution in [2.45, 2.75) is 71.8 Å². The lowest BCUT2D eigenvalue weighted by Gasteiger charge is -2.29. The van der Waals surface area contributed by atoms with E-state index in [1.165, 1.54) is 47.1 Å². The smallest absolute Gasteiger partial charge is 0.0758 e. The molecule has 2 unspecified atom stereocenters. The molecule has 1 heterocycles. The molecule has 1 aliphatic carbocycles. The summed E-state index contributed by atoms with van der Waals surface area (Å²) in [5.41, 5.74) is 2.76. The molecule has 0 aliphatic heterocycles. The van der Waals surface area contributed by atoms with E-state index >= 15 is 0 Å². The Morgan fingerprint density at radius 1 is 1.22 bits per heavy atom. The molecule has 1 aliphatic rings. The fraction of sp³-hybridized carbons (Fsp3) is 0.800. The number of nitrogens with zero attached hydrogens (tertiary/aromatic N) is 2. The molecule has 1 fully saturated rings. The van der Waals surface area contributed by atoms with Crippen molar-refractivity contribution >= 4 is 22.6 Å². The van der Waals surface area contributed by atoms with E-state index in [0.717, 1.165) is 18.8 Å². The Morgan fingerprint density at radius 3 is 2.61 bits per heavy atom. The second kappa shape index (κ2) is 6.40. The number of rotatable bonds is 4. The zero-order valence-corrected chi connectivity index (χ0v) is 14.0. The van der Waals surface area contributed by atoms with Crippen molar-refractivity contribution in [2.24, 2.45) is 5.92 Å². The Hall–Kier alpha value is -0.0600. The van der Waals surface area contributed by atoms with Gasteiger partial charge in [-0.05, 0) is 54.2 Å². The van der Waals surface area contributed by atoms with Crippen molar-refractivity contribution in [3.8, 4) is 0 Å². The Bertz CT molecular complexity index is 397. The maximum Gasteiger partial charge on any atom is 0.0758 e. The van der Waals surface area contributed by atoms with Gasteiger partial charge < -0.3 is 0 Å². The fourth-order valence-corrected chi connectivity index (χ4v) is 4.32. The second-order valence-corrected chi connectivity index (χ2v) is 6.53. The summed E-state index contributed by atoms with van der Waals surface area (Å²) in [5.74, 6) is 0.917. The zero-order chi connectivity index (χ0) is 13.1. The molecule has 2 rings (SSSR count). The van der Waals surface area contributed by atoms with Crippen molar-refractivity contribution in [1.82, 2.24) is 9.78 Å². The van der Waals surface area contributed by atoms with Gasteiger partial charge in [0.25, 0.3) is 0 Å². The van der Waals surface area contributed by atoms with Crippen molar-refractivity contribution in [3.05, 3.63) is 15.0 Å². The molecule has 3 heteroatoms. The van der Waals surface area contributed by atoms with E-state index in [1.807, 2.05) is 0 Å². The summed E-state index contributed by atoms with van der Waals surface area (Å²) in [6.45, 7) is 6.80. The van der Waals surface area contributed by atoms with Crippen LogP contribution in [-0.4, -0.2) is 9.78 Å². The molecule has 1 aromatic rings. The highest BCUT2D eigenvalue weighted by Crippen LogP contribution is 2.35. The first-order valence-electron chi connectivity index (χ1n) is 7.46. The zero-order valence-electron chi connectivity index (χ0n) is 11.9. The number of hydrogen-bond acceptors (Lipinski definition) is 1. The molecule has 0 aromatic carbocycles. The van der Waals surface area contributed by atoms with Gasteiger partial charge in [-0.2, -0.15) is 5.10 Å².